The number of ether oxygens (including phenoxy) is 12. The van der Waals surface area contributed by atoms with Gasteiger partial charge in [0.15, 0.2) is 0 Å². The van der Waals surface area contributed by atoms with Gasteiger partial charge < -0.3 is 56.8 Å². The second kappa shape index (κ2) is 38.0. The summed E-state index contributed by atoms with van der Waals surface area (Å²) in [5.41, 5.74) is -5.97. The lowest BCUT2D eigenvalue weighted by atomic mass is 9.56. The maximum Gasteiger partial charge on any atom is 0.312 e. The van der Waals surface area contributed by atoms with E-state index in [1.165, 1.54) is 0 Å². The summed E-state index contributed by atoms with van der Waals surface area (Å²) in [6.45, 7) is 39.9. The molecular weight excluding hydrogens is 1850 g/mol. The van der Waals surface area contributed by atoms with Crippen LogP contribution in [0.3, 0.4) is 0 Å². The molecule has 12 bridgehead atoms. The van der Waals surface area contributed by atoms with Crippen molar-refractivity contribution in [3.05, 3.63) is 0 Å². The molecule has 12 saturated carbocycles. The van der Waals surface area contributed by atoms with Gasteiger partial charge in [-0.05, 0) is 302 Å². The topological polar surface area (TPSA) is 324 Å². The van der Waals surface area contributed by atoms with Gasteiger partial charge in [-0.25, -0.2) is 58.7 Å². The molecule has 0 aromatic rings. The first-order valence-electron chi connectivity index (χ1n) is 57.8. The van der Waals surface area contributed by atoms with Gasteiger partial charge in [-0.3, -0.25) is 28.8 Å². The van der Waals surface area contributed by atoms with Crippen molar-refractivity contribution >= 4 is 35.8 Å². The SMILES string of the molecule is C[C@@H]1CC[C@H]2[C@@H](C)C(CCOC(=O)CC(CC(=O)OCCC3O[C@@H]4C[C@@]5(C)CC[C@H]6[C@H](C)CC[C@@H]([C@H]3C)[C@@]46OO5)C(=O)OCCC3O[C@@H]4C[C@@]5(C)CC[C@H]6[C@H](C)CC[C@@H]([C@H]3C)[C@@]46OO5)O[C@@H]3C[C@@]4(C)CC[C@@H]1[C@]32OO4.C[C@@H]1CC[C@H]2[C@@H](C)C(OC(=O)CC(CC(=O)OC3O[C@@H]4C[C@@]5(C)CC[C@H]6[C@H](C)CC[C@@H]([C@H]3C)[C@@]46OO5)C(=O)OC3O[C@@H]4C[C@@]5(C)CC[C@H]6[C@H](C)CC[C@@H]([C@H]3C)[C@@]46OO5)O[C@@H]3C[C@@]4(C)CC[C@@H]1[C@]32OO4. The number of carbonyl (C=O) groups is 6. The van der Waals surface area contributed by atoms with Gasteiger partial charge in [0, 0.05) is 93.3 Å². The van der Waals surface area contributed by atoms with Gasteiger partial charge >= 0.3 is 35.8 Å². The fourth-order valence-corrected chi connectivity index (χ4v) is 37.2. The maximum absolute atomic E-state index is 14.9. The highest BCUT2D eigenvalue weighted by Gasteiger charge is 2.77. The third-order valence-corrected chi connectivity index (χ3v) is 45.4. The highest BCUT2D eigenvalue weighted by Crippen LogP contribution is 2.70. The van der Waals surface area contributed by atoms with Crippen LogP contribution in [0, 0.1) is 154 Å². The van der Waals surface area contributed by atoms with E-state index in [4.69, 9.17) is 115 Å². The van der Waals surface area contributed by atoms with E-state index in [0.717, 1.165) is 173 Å². The van der Waals surface area contributed by atoms with E-state index in [2.05, 4.69) is 125 Å². The van der Waals surface area contributed by atoms with Crippen molar-refractivity contribution < 1.29 is 144 Å². The van der Waals surface area contributed by atoms with Crippen molar-refractivity contribution in [3.63, 3.8) is 0 Å². The quantitative estimate of drug-likeness (QED) is 0.0552. The Morgan fingerprint density at radius 2 is 0.451 bits per heavy atom. The van der Waals surface area contributed by atoms with Crippen LogP contribution in [-0.4, -0.2) is 197 Å². The molecule has 30 heteroatoms. The summed E-state index contributed by atoms with van der Waals surface area (Å²) in [6.07, 6.45) is 23.9. The summed E-state index contributed by atoms with van der Waals surface area (Å²) in [5, 5.41) is 0. The molecule has 6 unspecified atom stereocenters. The Kier molecular flexibility index (Phi) is 27.2. The molecule has 30 nitrogen and oxygen atoms in total. The standard InChI is InChI=1S/C60H92O15.C54H80O15/c1-33-10-13-43-36(4)46(67-49-30-55(7)22-16-40(33)58(43,49)73-70-55)19-25-64-52(61)28-39(54(63)66-27-21-48-38(6)45-15-12-35(3)42-18-24-57(9)32-51(69-48)60(42,45)75-72-57)29-53(62)65-26-20-47-37(5)44-14-11-34(2)41-17-23-56(8)31-50(68-47)59(41,44)74-71-56;1-27-10-13-37-30(4)46(58-40-24-49(7)19-16-34(27)52(37,40)67-64-49)61-43(55)22-33(45(57)63-48-32(6)39-15-12-29(3)36-18-21-51(9)26-42(60-48)54(36,39)69-66-51)23-44(56)62-47-31(5)38-14-11-28(2)35-17-20-50(8)25-41(59-47)53(35,38)68-65-50/h33-51H,10-32H2,1-9H3;27-42,46-48H,10-26H2,1-9H3/t33-,34-,35-,36-,37-,38-,39?,40+,41+,42+,43+,44+,45+,46?,47?,48?,49-,50-,51-,55-,56-,57-,58-,59-,60-;27-,28-,29-,30-,31-,32-,33?,34+,35+,36+,37+,38+,39+,40-,41-,42-,46?,47?,48?,49-,50-,51-,52-,53-,54-/m11/s1. The van der Waals surface area contributed by atoms with Crippen LogP contribution in [-0.2, 0) is 144 Å². The fourth-order valence-electron chi connectivity index (χ4n) is 37.2. The van der Waals surface area contributed by atoms with Crippen molar-refractivity contribution in [1.82, 2.24) is 0 Å². The molecule has 0 N–H and O–H groups in total. The molecule has 30 rings (SSSR count). The summed E-state index contributed by atoms with van der Waals surface area (Å²) >= 11 is 0. The molecule has 12 aliphatic carbocycles. The van der Waals surface area contributed by atoms with Gasteiger partial charge in [-0.1, -0.05) is 83.1 Å². The molecule has 18 saturated heterocycles. The Morgan fingerprint density at radius 3 is 0.708 bits per heavy atom. The number of hydrogen-bond donors (Lipinski definition) is 0. The Balaban J connectivity index is 0.000000160. The summed E-state index contributed by atoms with van der Waals surface area (Å²) in [5.74, 6) is -0.502. The minimum Gasteiger partial charge on any atom is -0.466 e. The number of rotatable bonds is 22. The average molecular weight is 2020 g/mol. The second-order valence-corrected chi connectivity index (χ2v) is 54.1. The first kappa shape index (κ1) is 103. The monoisotopic (exact) mass is 2020 g/mol. The first-order chi connectivity index (χ1) is 68.6. The van der Waals surface area contributed by atoms with Gasteiger partial charge in [-0.15, -0.1) is 0 Å². The molecular formula is C114H172O30. The van der Waals surface area contributed by atoms with Crippen LogP contribution in [0.25, 0.3) is 0 Å². The highest BCUT2D eigenvalue weighted by molar-refractivity contribution is 5.85. The molecule has 30 fully saturated rings. The van der Waals surface area contributed by atoms with E-state index >= 15 is 0 Å². The second-order valence-electron chi connectivity index (χ2n) is 54.1. The van der Waals surface area contributed by atoms with Crippen molar-refractivity contribution in [2.24, 2.45) is 154 Å². The van der Waals surface area contributed by atoms with E-state index < -0.39 is 135 Å². The van der Waals surface area contributed by atoms with Gasteiger partial charge in [0.05, 0.1) is 112 Å². The summed E-state index contributed by atoms with van der Waals surface area (Å²) in [7, 11) is 0. The van der Waals surface area contributed by atoms with Crippen molar-refractivity contribution in [2.45, 2.75) is 503 Å². The Bertz CT molecular complexity index is 4560. The zero-order valence-electron chi connectivity index (χ0n) is 89.5. The fraction of sp³-hybridized carbons (Fsp3) is 0.947. The first-order valence-corrected chi connectivity index (χ1v) is 57.8. The molecule has 0 aromatic heterocycles. The van der Waals surface area contributed by atoms with Crippen LogP contribution < -0.4 is 0 Å². The van der Waals surface area contributed by atoms with E-state index in [9.17, 15) is 28.8 Å². The predicted octanol–water partition coefficient (Wildman–Crippen LogP) is 19.3. The van der Waals surface area contributed by atoms with Crippen LogP contribution in [0.2, 0.25) is 0 Å². The molecule has 18 heterocycles. The molecule has 30 aliphatic rings. The van der Waals surface area contributed by atoms with Crippen LogP contribution in [0.4, 0.5) is 0 Å². The highest BCUT2D eigenvalue weighted by atomic mass is 17.2. The van der Waals surface area contributed by atoms with E-state index in [1.54, 1.807) is 0 Å². The van der Waals surface area contributed by atoms with Gasteiger partial charge in [-0.2, -0.15) is 0 Å². The third-order valence-electron chi connectivity index (χ3n) is 45.4. The van der Waals surface area contributed by atoms with E-state index in [1.807, 2.05) is 0 Å². The van der Waals surface area contributed by atoms with Gasteiger partial charge in [0.2, 0.25) is 18.9 Å². The Labute approximate surface area is 852 Å². The van der Waals surface area contributed by atoms with Crippen LogP contribution in [0.5, 0.6) is 0 Å². The van der Waals surface area contributed by atoms with Crippen molar-refractivity contribution in [1.29, 1.82) is 0 Å². The normalized spacial score (nSPS) is 54.1. The third kappa shape index (κ3) is 16.9. The number of carbonyl (C=O) groups excluding carboxylic acids is 6. The number of fused-ring (bicyclic) bond motifs is 12. The van der Waals surface area contributed by atoms with E-state index in [-0.39, 0.29) is 188 Å². The molecule has 144 heavy (non-hydrogen) atoms. The predicted molar refractivity (Wildman–Crippen MR) is 513 cm³/mol. The number of hydrogen-bond acceptors (Lipinski definition) is 30. The lowest BCUT2D eigenvalue weighted by Crippen LogP contribution is -2.69. The Hall–Kier alpha value is -3.90. The largest absolute Gasteiger partial charge is 0.466 e. The zero-order valence-corrected chi connectivity index (χ0v) is 89.5. The van der Waals surface area contributed by atoms with Crippen LogP contribution in [0.15, 0.2) is 0 Å². The maximum atomic E-state index is 14.9. The molecule has 0 radical (unpaired) electrons. The smallest absolute Gasteiger partial charge is 0.312 e. The molecule has 808 valence electrons. The van der Waals surface area contributed by atoms with Crippen molar-refractivity contribution in [3.8, 4) is 0 Å². The van der Waals surface area contributed by atoms with Crippen LogP contribution >= 0.6 is 0 Å². The van der Waals surface area contributed by atoms with Crippen molar-refractivity contribution in [2.75, 3.05) is 19.8 Å². The van der Waals surface area contributed by atoms with Gasteiger partial charge in [0.25, 0.3) is 0 Å². The lowest BCUT2D eigenvalue weighted by Gasteiger charge is -2.61. The van der Waals surface area contributed by atoms with Gasteiger partial charge in [0.1, 0.15) is 67.2 Å². The summed E-state index contributed by atoms with van der Waals surface area (Å²) in [4.78, 5) is 162. The van der Waals surface area contributed by atoms with E-state index in [0.29, 0.717) is 91.8 Å². The minimum absolute atomic E-state index is 0.0178. The summed E-state index contributed by atoms with van der Waals surface area (Å²) < 4.78 is 78.5. The lowest BCUT2D eigenvalue weighted by molar-refractivity contribution is -0.494. The molecule has 6 spiro atoms. The Morgan fingerprint density at radius 1 is 0.236 bits per heavy atom. The average Bonchev–Trinajstić information content (AvgIpc) is 1.47. The summed E-state index contributed by atoms with van der Waals surface area (Å²) in [6, 6.07) is 0. The molecule has 48 atom stereocenters. The number of esters is 6. The molecule has 0 amide bonds. The molecule has 18 aliphatic heterocycles. The van der Waals surface area contributed by atoms with Crippen LogP contribution in [0.1, 0.15) is 362 Å². The molecule has 0 aromatic carbocycles. The zero-order chi connectivity index (χ0) is 101. The minimum atomic E-state index is -1.23.